The van der Waals surface area contributed by atoms with E-state index in [4.69, 9.17) is 0 Å². The van der Waals surface area contributed by atoms with Crippen molar-refractivity contribution in [2.75, 3.05) is 11.4 Å². The highest BCUT2D eigenvalue weighted by Crippen LogP contribution is 2.50. The number of anilines is 1. The summed E-state index contributed by atoms with van der Waals surface area (Å²) in [6, 6.07) is 6.50. The zero-order valence-corrected chi connectivity index (χ0v) is 10.8. The van der Waals surface area contributed by atoms with Crippen molar-refractivity contribution in [3.05, 3.63) is 24.4 Å². The minimum Gasteiger partial charge on any atom is -0.365 e. The van der Waals surface area contributed by atoms with Gasteiger partial charge in [-0.3, -0.25) is 5.10 Å². The molecule has 1 aliphatic heterocycles. The van der Waals surface area contributed by atoms with Gasteiger partial charge in [0.1, 0.15) is 0 Å². The van der Waals surface area contributed by atoms with Gasteiger partial charge in [0.15, 0.2) is 0 Å². The molecule has 0 radical (unpaired) electrons. The summed E-state index contributed by atoms with van der Waals surface area (Å²) < 4.78 is 0. The number of fused-ring (bicyclic) bond motifs is 1. The van der Waals surface area contributed by atoms with Crippen LogP contribution in [0.3, 0.4) is 0 Å². The van der Waals surface area contributed by atoms with Gasteiger partial charge in [-0.25, -0.2) is 0 Å². The van der Waals surface area contributed by atoms with Crippen molar-refractivity contribution >= 4 is 16.6 Å². The SMILES string of the molecule is CC1(C2CC2)CCCN1c1cccc2[nH]ncc12. The summed E-state index contributed by atoms with van der Waals surface area (Å²) in [4.78, 5) is 2.64. The molecule has 3 heteroatoms. The monoisotopic (exact) mass is 241 g/mol. The van der Waals surface area contributed by atoms with E-state index in [1.54, 1.807) is 0 Å². The van der Waals surface area contributed by atoms with E-state index in [0.717, 1.165) is 11.4 Å². The Morgan fingerprint density at radius 3 is 3.11 bits per heavy atom. The van der Waals surface area contributed by atoms with Gasteiger partial charge in [-0.1, -0.05) is 6.07 Å². The highest BCUT2D eigenvalue weighted by molar-refractivity contribution is 5.92. The lowest BCUT2D eigenvalue weighted by Crippen LogP contribution is -2.43. The van der Waals surface area contributed by atoms with Gasteiger partial charge in [0, 0.05) is 23.2 Å². The van der Waals surface area contributed by atoms with E-state index in [1.807, 2.05) is 6.20 Å². The van der Waals surface area contributed by atoms with Crippen LogP contribution in [0.25, 0.3) is 10.9 Å². The molecule has 18 heavy (non-hydrogen) atoms. The fourth-order valence-corrected chi connectivity index (χ4v) is 3.70. The molecular weight excluding hydrogens is 222 g/mol. The molecule has 94 valence electrons. The molecule has 1 aliphatic carbocycles. The Labute approximate surface area is 107 Å². The molecule has 1 aromatic heterocycles. The van der Waals surface area contributed by atoms with Crippen molar-refractivity contribution in [2.45, 2.75) is 38.1 Å². The standard InChI is InChI=1S/C15H19N3/c1-15(11-6-7-11)8-3-9-18(15)14-5-2-4-13-12(14)10-16-17-13/h2,4-5,10-11H,3,6-9H2,1H3,(H,16,17). The molecule has 0 spiro atoms. The van der Waals surface area contributed by atoms with Crippen LogP contribution in [-0.4, -0.2) is 22.3 Å². The lowest BCUT2D eigenvalue weighted by Gasteiger charge is -2.38. The molecule has 2 aromatic rings. The molecular formula is C15H19N3. The molecule has 2 aliphatic rings. The van der Waals surface area contributed by atoms with E-state index in [0.29, 0.717) is 5.54 Å². The van der Waals surface area contributed by atoms with E-state index < -0.39 is 0 Å². The minimum atomic E-state index is 0.381. The fraction of sp³-hybridized carbons (Fsp3) is 0.533. The van der Waals surface area contributed by atoms with Gasteiger partial charge in [0.25, 0.3) is 0 Å². The maximum atomic E-state index is 4.19. The van der Waals surface area contributed by atoms with E-state index in [9.17, 15) is 0 Å². The zero-order chi connectivity index (χ0) is 12.2. The van der Waals surface area contributed by atoms with Crippen LogP contribution in [0.2, 0.25) is 0 Å². The van der Waals surface area contributed by atoms with Crippen LogP contribution >= 0.6 is 0 Å². The Kier molecular flexibility index (Phi) is 2.02. The highest BCUT2D eigenvalue weighted by Gasteiger charge is 2.48. The Bertz CT molecular complexity index is 584. The smallest absolute Gasteiger partial charge is 0.0671 e. The highest BCUT2D eigenvalue weighted by atomic mass is 15.2. The third-order valence-electron chi connectivity index (χ3n) is 4.89. The fourth-order valence-electron chi connectivity index (χ4n) is 3.70. The largest absolute Gasteiger partial charge is 0.365 e. The molecule has 1 unspecified atom stereocenters. The normalized spacial score (nSPS) is 28.2. The van der Waals surface area contributed by atoms with Crippen LogP contribution < -0.4 is 4.90 Å². The number of nitrogens with zero attached hydrogens (tertiary/aromatic N) is 2. The summed E-state index contributed by atoms with van der Waals surface area (Å²) in [6.45, 7) is 3.65. The number of aromatic nitrogens is 2. The number of H-pyrrole nitrogens is 1. The second kappa shape index (κ2) is 3.50. The van der Waals surface area contributed by atoms with Gasteiger partial charge in [-0.2, -0.15) is 5.10 Å². The van der Waals surface area contributed by atoms with Gasteiger partial charge in [0.05, 0.1) is 11.7 Å². The van der Waals surface area contributed by atoms with Crippen LogP contribution in [0, 0.1) is 5.92 Å². The summed E-state index contributed by atoms with van der Waals surface area (Å²) in [5, 5.41) is 8.54. The van der Waals surface area contributed by atoms with Crippen molar-refractivity contribution in [3.8, 4) is 0 Å². The topological polar surface area (TPSA) is 31.9 Å². The molecule has 4 rings (SSSR count). The van der Waals surface area contributed by atoms with Gasteiger partial charge in [-0.05, 0) is 50.7 Å². The van der Waals surface area contributed by atoms with Crippen molar-refractivity contribution in [1.29, 1.82) is 0 Å². The van der Waals surface area contributed by atoms with Crippen LogP contribution in [0.15, 0.2) is 24.4 Å². The first kappa shape index (κ1) is 10.4. The zero-order valence-electron chi connectivity index (χ0n) is 10.8. The van der Waals surface area contributed by atoms with Gasteiger partial charge in [-0.15, -0.1) is 0 Å². The molecule has 1 aromatic carbocycles. The van der Waals surface area contributed by atoms with Gasteiger partial charge in [0.2, 0.25) is 0 Å². The Morgan fingerprint density at radius 1 is 1.39 bits per heavy atom. The summed E-state index contributed by atoms with van der Waals surface area (Å²) in [5.41, 5.74) is 2.90. The van der Waals surface area contributed by atoms with Crippen LogP contribution in [0.4, 0.5) is 5.69 Å². The van der Waals surface area contributed by atoms with Gasteiger partial charge < -0.3 is 4.90 Å². The first-order valence-corrected chi connectivity index (χ1v) is 6.99. The van der Waals surface area contributed by atoms with Crippen molar-refractivity contribution in [1.82, 2.24) is 10.2 Å². The second-order valence-electron chi connectivity index (χ2n) is 6.00. The molecule has 3 nitrogen and oxygen atoms in total. The predicted octanol–water partition coefficient (Wildman–Crippen LogP) is 3.33. The van der Waals surface area contributed by atoms with Crippen molar-refractivity contribution in [2.24, 2.45) is 5.92 Å². The van der Waals surface area contributed by atoms with Crippen LogP contribution in [0.5, 0.6) is 0 Å². The van der Waals surface area contributed by atoms with Crippen molar-refractivity contribution in [3.63, 3.8) is 0 Å². The van der Waals surface area contributed by atoms with E-state index >= 15 is 0 Å². The van der Waals surface area contributed by atoms with E-state index in [-0.39, 0.29) is 0 Å². The maximum absolute atomic E-state index is 4.19. The number of aromatic amines is 1. The quantitative estimate of drug-likeness (QED) is 0.874. The molecule has 1 saturated heterocycles. The molecule has 2 fully saturated rings. The summed E-state index contributed by atoms with van der Waals surface area (Å²) in [6.07, 6.45) is 7.45. The first-order chi connectivity index (χ1) is 8.79. The number of rotatable bonds is 2. The third kappa shape index (κ3) is 1.33. The van der Waals surface area contributed by atoms with E-state index in [1.165, 1.54) is 43.3 Å². The minimum absolute atomic E-state index is 0.381. The van der Waals surface area contributed by atoms with Crippen LogP contribution in [0.1, 0.15) is 32.6 Å². The Morgan fingerprint density at radius 2 is 2.28 bits per heavy atom. The lowest BCUT2D eigenvalue weighted by atomic mass is 9.92. The molecule has 1 N–H and O–H groups in total. The molecule has 1 atom stereocenters. The lowest BCUT2D eigenvalue weighted by molar-refractivity contribution is 0.409. The molecule has 0 bridgehead atoms. The number of benzene rings is 1. The summed E-state index contributed by atoms with van der Waals surface area (Å²) >= 11 is 0. The summed E-state index contributed by atoms with van der Waals surface area (Å²) in [5.74, 6) is 0.905. The second-order valence-corrected chi connectivity index (χ2v) is 6.00. The first-order valence-electron chi connectivity index (χ1n) is 6.99. The molecule has 1 saturated carbocycles. The third-order valence-corrected chi connectivity index (χ3v) is 4.89. The Balaban J connectivity index is 1.84. The average Bonchev–Trinajstić information content (AvgIpc) is 3.01. The molecule has 0 amide bonds. The molecule has 2 heterocycles. The maximum Gasteiger partial charge on any atom is 0.0671 e. The summed E-state index contributed by atoms with van der Waals surface area (Å²) in [7, 11) is 0. The number of hydrogen-bond donors (Lipinski definition) is 1. The predicted molar refractivity (Wildman–Crippen MR) is 73.8 cm³/mol. The van der Waals surface area contributed by atoms with E-state index in [2.05, 4.69) is 40.2 Å². The number of hydrogen-bond acceptors (Lipinski definition) is 2. The number of nitrogens with one attached hydrogen (secondary N) is 1. The van der Waals surface area contributed by atoms with Crippen LogP contribution in [-0.2, 0) is 0 Å². The van der Waals surface area contributed by atoms with Crippen molar-refractivity contribution < 1.29 is 0 Å². The Hall–Kier alpha value is -1.51. The average molecular weight is 241 g/mol. The van der Waals surface area contributed by atoms with Gasteiger partial charge >= 0.3 is 0 Å².